The largest absolute Gasteiger partial charge is 0.370 e. The second-order valence-corrected chi connectivity index (χ2v) is 5.76. The van der Waals surface area contributed by atoms with Crippen molar-refractivity contribution in [2.75, 3.05) is 37.8 Å². The number of hydrogen-bond acceptors (Lipinski definition) is 5. The summed E-state index contributed by atoms with van der Waals surface area (Å²) >= 11 is 0. The van der Waals surface area contributed by atoms with E-state index in [9.17, 15) is 0 Å². The van der Waals surface area contributed by atoms with Crippen LogP contribution in [-0.4, -0.2) is 42.1 Å². The number of anilines is 3. The fraction of sp³-hybridized carbons (Fsp3) is 0.412. The maximum absolute atomic E-state index is 4.44. The van der Waals surface area contributed by atoms with Crippen LogP contribution in [0.25, 0.3) is 0 Å². The number of nitrogens with one attached hydrogen (secondary N) is 2. The molecule has 0 radical (unpaired) electrons. The second kappa shape index (κ2) is 7.75. The molecular formula is C17H25N5. The van der Waals surface area contributed by atoms with Crippen LogP contribution >= 0.6 is 0 Å². The van der Waals surface area contributed by atoms with Crippen molar-refractivity contribution in [2.45, 2.75) is 20.3 Å². The van der Waals surface area contributed by atoms with Gasteiger partial charge in [-0.3, -0.25) is 0 Å². The van der Waals surface area contributed by atoms with Gasteiger partial charge in [0.2, 0.25) is 0 Å². The maximum atomic E-state index is 4.44. The van der Waals surface area contributed by atoms with E-state index in [1.54, 1.807) is 0 Å². The summed E-state index contributed by atoms with van der Waals surface area (Å²) in [6.45, 7) is 5.95. The number of nitrogens with zero attached hydrogens (tertiary/aromatic N) is 3. The summed E-state index contributed by atoms with van der Waals surface area (Å²) in [7, 11) is 4.16. The van der Waals surface area contributed by atoms with Crippen LogP contribution in [0.2, 0.25) is 0 Å². The van der Waals surface area contributed by atoms with E-state index in [0.717, 1.165) is 42.7 Å². The first kappa shape index (κ1) is 16.2. The highest BCUT2D eigenvalue weighted by molar-refractivity contribution is 5.59. The molecule has 2 aromatic rings. The Morgan fingerprint density at radius 1 is 1.05 bits per heavy atom. The average Bonchev–Trinajstić information content (AvgIpc) is 2.43. The monoisotopic (exact) mass is 299 g/mol. The highest BCUT2D eigenvalue weighted by Gasteiger charge is 2.03. The van der Waals surface area contributed by atoms with Gasteiger partial charge in [0.15, 0.2) is 0 Å². The van der Waals surface area contributed by atoms with E-state index in [4.69, 9.17) is 0 Å². The molecule has 5 nitrogen and oxygen atoms in total. The van der Waals surface area contributed by atoms with E-state index in [2.05, 4.69) is 58.7 Å². The smallest absolute Gasteiger partial charge is 0.136 e. The fourth-order valence-electron chi connectivity index (χ4n) is 2.20. The van der Waals surface area contributed by atoms with Crippen LogP contribution in [0, 0.1) is 13.8 Å². The number of aromatic nitrogens is 2. The summed E-state index contributed by atoms with van der Waals surface area (Å²) in [5, 5.41) is 6.70. The molecule has 0 atom stereocenters. The third kappa shape index (κ3) is 5.33. The van der Waals surface area contributed by atoms with Gasteiger partial charge >= 0.3 is 0 Å². The molecule has 118 valence electrons. The van der Waals surface area contributed by atoms with Crippen molar-refractivity contribution in [2.24, 2.45) is 0 Å². The minimum absolute atomic E-state index is 0.757. The number of aryl methyl sites for hydroxylation is 2. The lowest BCUT2D eigenvalue weighted by Gasteiger charge is -2.12. The summed E-state index contributed by atoms with van der Waals surface area (Å²) in [6, 6.07) is 10.2. The lowest BCUT2D eigenvalue weighted by atomic mass is 10.2. The second-order valence-electron chi connectivity index (χ2n) is 5.76. The number of hydrogen-bond donors (Lipinski definition) is 2. The van der Waals surface area contributed by atoms with E-state index in [1.165, 1.54) is 5.56 Å². The standard InChI is InChI=1S/C17H25N5/c1-13-7-5-8-15(11-13)21-17-12-16(19-14(2)20-17)18-9-6-10-22(3)4/h5,7-8,11-12H,6,9-10H2,1-4H3,(H2,18,19,20,21). The molecule has 0 spiro atoms. The highest BCUT2D eigenvalue weighted by Crippen LogP contribution is 2.18. The third-order valence-electron chi connectivity index (χ3n) is 3.22. The molecular weight excluding hydrogens is 274 g/mol. The van der Waals surface area contributed by atoms with Crippen molar-refractivity contribution in [1.82, 2.24) is 14.9 Å². The predicted octanol–water partition coefficient (Wildman–Crippen LogP) is 3.20. The maximum Gasteiger partial charge on any atom is 0.136 e. The van der Waals surface area contributed by atoms with Crippen LogP contribution in [0.1, 0.15) is 17.8 Å². The molecule has 0 unspecified atom stereocenters. The van der Waals surface area contributed by atoms with Gasteiger partial charge in [0.1, 0.15) is 17.5 Å². The molecule has 0 amide bonds. The molecule has 0 aliphatic carbocycles. The topological polar surface area (TPSA) is 53.1 Å². The van der Waals surface area contributed by atoms with Crippen molar-refractivity contribution in [3.63, 3.8) is 0 Å². The van der Waals surface area contributed by atoms with Gasteiger partial charge in [-0.25, -0.2) is 9.97 Å². The summed E-state index contributed by atoms with van der Waals surface area (Å²) < 4.78 is 0. The molecule has 22 heavy (non-hydrogen) atoms. The van der Waals surface area contributed by atoms with Gasteiger partial charge in [-0.05, 0) is 58.6 Å². The van der Waals surface area contributed by atoms with E-state index >= 15 is 0 Å². The molecule has 0 aliphatic rings. The molecule has 0 fully saturated rings. The zero-order chi connectivity index (χ0) is 15.9. The Balaban J connectivity index is 2.00. The van der Waals surface area contributed by atoms with Crippen molar-refractivity contribution < 1.29 is 0 Å². The molecule has 5 heteroatoms. The Kier molecular flexibility index (Phi) is 5.72. The minimum atomic E-state index is 0.757. The Labute approximate surface area is 132 Å². The molecule has 1 aromatic heterocycles. The van der Waals surface area contributed by atoms with E-state index < -0.39 is 0 Å². The summed E-state index contributed by atoms with van der Waals surface area (Å²) in [5.74, 6) is 2.43. The number of benzene rings is 1. The Morgan fingerprint density at radius 2 is 1.82 bits per heavy atom. The molecule has 0 saturated heterocycles. The van der Waals surface area contributed by atoms with Crippen LogP contribution in [0.5, 0.6) is 0 Å². The molecule has 0 aliphatic heterocycles. The van der Waals surface area contributed by atoms with E-state index in [1.807, 2.05) is 25.1 Å². The summed E-state index contributed by atoms with van der Waals surface area (Å²) in [5.41, 5.74) is 2.26. The van der Waals surface area contributed by atoms with Crippen molar-refractivity contribution in [3.05, 3.63) is 41.7 Å². The Morgan fingerprint density at radius 3 is 2.55 bits per heavy atom. The quantitative estimate of drug-likeness (QED) is 0.769. The van der Waals surface area contributed by atoms with E-state index in [-0.39, 0.29) is 0 Å². The molecule has 2 rings (SSSR count). The van der Waals surface area contributed by atoms with Crippen LogP contribution < -0.4 is 10.6 Å². The highest BCUT2D eigenvalue weighted by atomic mass is 15.1. The van der Waals surface area contributed by atoms with Gasteiger partial charge in [0.05, 0.1) is 0 Å². The first-order valence-corrected chi connectivity index (χ1v) is 7.61. The minimum Gasteiger partial charge on any atom is -0.370 e. The SMILES string of the molecule is Cc1cccc(Nc2cc(NCCCN(C)C)nc(C)n2)c1. The summed E-state index contributed by atoms with van der Waals surface area (Å²) in [6.07, 6.45) is 1.08. The first-order valence-electron chi connectivity index (χ1n) is 7.61. The van der Waals surface area contributed by atoms with Gasteiger partial charge in [0, 0.05) is 18.3 Å². The van der Waals surface area contributed by atoms with Crippen molar-refractivity contribution in [1.29, 1.82) is 0 Å². The lowest BCUT2D eigenvalue weighted by molar-refractivity contribution is 0.405. The van der Waals surface area contributed by atoms with Crippen LogP contribution in [0.3, 0.4) is 0 Å². The Hall–Kier alpha value is -2.14. The Bertz CT molecular complexity index is 610. The van der Waals surface area contributed by atoms with Crippen LogP contribution in [0.4, 0.5) is 17.3 Å². The first-order chi connectivity index (χ1) is 10.5. The van der Waals surface area contributed by atoms with Crippen LogP contribution in [0.15, 0.2) is 30.3 Å². The van der Waals surface area contributed by atoms with Gasteiger partial charge in [-0.2, -0.15) is 0 Å². The fourth-order valence-corrected chi connectivity index (χ4v) is 2.20. The van der Waals surface area contributed by atoms with Crippen LogP contribution in [-0.2, 0) is 0 Å². The van der Waals surface area contributed by atoms with E-state index in [0.29, 0.717) is 0 Å². The number of rotatable bonds is 7. The molecule has 1 aromatic carbocycles. The lowest BCUT2D eigenvalue weighted by Crippen LogP contribution is -2.16. The van der Waals surface area contributed by atoms with Gasteiger partial charge in [-0.15, -0.1) is 0 Å². The zero-order valence-corrected chi connectivity index (χ0v) is 13.8. The molecule has 0 saturated carbocycles. The predicted molar refractivity (Wildman–Crippen MR) is 92.9 cm³/mol. The average molecular weight is 299 g/mol. The van der Waals surface area contributed by atoms with Gasteiger partial charge in [-0.1, -0.05) is 12.1 Å². The van der Waals surface area contributed by atoms with Gasteiger partial charge in [0.25, 0.3) is 0 Å². The third-order valence-corrected chi connectivity index (χ3v) is 3.22. The summed E-state index contributed by atoms with van der Waals surface area (Å²) in [4.78, 5) is 11.1. The molecule has 1 heterocycles. The van der Waals surface area contributed by atoms with Crippen molar-refractivity contribution >= 4 is 17.3 Å². The zero-order valence-electron chi connectivity index (χ0n) is 13.8. The van der Waals surface area contributed by atoms with Gasteiger partial charge < -0.3 is 15.5 Å². The molecule has 0 bridgehead atoms. The molecule has 2 N–H and O–H groups in total. The normalized spacial score (nSPS) is 10.8. The van der Waals surface area contributed by atoms with Crippen molar-refractivity contribution in [3.8, 4) is 0 Å².